The molecule has 2 atom stereocenters. The summed E-state index contributed by atoms with van der Waals surface area (Å²) in [6, 6.07) is -0.669. The van der Waals surface area contributed by atoms with Crippen molar-refractivity contribution in [3.63, 3.8) is 0 Å². The Hall–Kier alpha value is -1.36. The fourth-order valence-electron chi connectivity index (χ4n) is 1.64. The second kappa shape index (κ2) is 4.23. The Morgan fingerprint density at radius 3 is 2.71 bits per heavy atom. The molecule has 5 heteroatoms. The lowest BCUT2D eigenvalue weighted by atomic mass is 10.2. The Morgan fingerprint density at radius 1 is 1.64 bits per heavy atom. The van der Waals surface area contributed by atoms with Gasteiger partial charge in [0.05, 0.1) is 0 Å². The highest BCUT2D eigenvalue weighted by molar-refractivity contribution is 5.91. The lowest BCUT2D eigenvalue weighted by Gasteiger charge is -2.19. The van der Waals surface area contributed by atoms with Gasteiger partial charge in [0.15, 0.2) is 0 Å². The van der Waals surface area contributed by atoms with Gasteiger partial charge in [0.1, 0.15) is 6.04 Å². The number of hydrogen-bond donors (Lipinski definition) is 2. The lowest BCUT2D eigenvalue weighted by molar-refractivity contribution is -0.146. The first kappa shape index (κ1) is 10.7. The quantitative estimate of drug-likeness (QED) is 0.597. The van der Waals surface area contributed by atoms with E-state index < -0.39 is 12.0 Å². The van der Waals surface area contributed by atoms with E-state index in [1.807, 2.05) is 0 Å². The van der Waals surface area contributed by atoms with Crippen LogP contribution in [0.25, 0.3) is 0 Å². The van der Waals surface area contributed by atoms with Crippen LogP contribution in [0.1, 0.15) is 6.42 Å². The van der Waals surface area contributed by atoms with Gasteiger partial charge in [-0.25, -0.2) is 4.79 Å². The minimum Gasteiger partial charge on any atom is -0.480 e. The van der Waals surface area contributed by atoms with Crippen LogP contribution < -0.4 is 5.32 Å². The number of likely N-dealkylation sites (N-methyl/N-ethyl adjacent to an activating group) is 1. The smallest absolute Gasteiger partial charge is 0.326 e. The predicted molar refractivity (Wildman–Crippen MR) is 50.8 cm³/mol. The maximum Gasteiger partial charge on any atom is 0.326 e. The third kappa shape index (κ3) is 1.93. The van der Waals surface area contributed by atoms with Gasteiger partial charge in [0.25, 0.3) is 0 Å². The minimum atomic E-state index is -0.960. The van der Waals surface area contributed by atoms with Crippen molar-refractivity contribution in [3.05, 3.63) is 12.7 Å². The molecule has 0 bridgehead atoms. The van der Waals surface area contributed by atoms with E-state index >= 15 is 0 Å². The van der Waals surface area contributed by atoms with Crippen molar-refractivity contribution in [1.29, 1.82) is 0 Å². The predicted octanol–water partition coefficient (Wildman–Crippen LogP) is -0.554. The summed E-state index contributed by atoms with van der Waals surface area (Å²) < 4.78 is 0. The number of rotatable bonds is 3. The Kier molecular flexibility index (Phi) is 3.24. The minimum absolute atomic E-state index is 0.0556. The Morgan fingerprint density at radius 2 is 2.29 bits per heavy atom. The summed E-state index contributed by atoms with van der Waals surface area (Å²) in [5, 5.41) is 11.9. The van der Waals surface area contributed by atoms with Gasteiger partial charge < -0.3 is 15.3 Å². The van der Waals surface area contributed by atoms with E-state index in [4.69, 9.17) is 5.11 Å². The maximum atomic E-state index is 11.3. The van der Waals surface area contributed by atoms with Crippen molar-refractivity contribution in [2.45, 2.75) is 18.5 Å². The van der Waals surface area contributed by atoms with Crippen molar-refractivity contribution in [2.75, 3.05) is 13.6 Å². The van der Waals surface area contributed by atoms with Crippen molar-refractivity contribution in [1.82, 2.24) is 10.2 Å². The molecule has 2 N–H and O–H groups in total. The van der Waals surface area contributed by atoms with Crippen LogP contribution in [0.15, 0.2) is 12.7 Å². The van der Waals surface area contributed by atoms with Crippen LogP contribution in [0, 0.1) is 0 Å². The first-order valence-corrected chi connectivity index (χ1v) is 4.43. The normalized spacial score (nSPS) is 26.2. The molecule has 1 amide bonds. The zero-order valence-corrected chi connectivity index (χ0v) is 8.06. The Labute approximate surface area is 82.4 Å². The van der Waals surface area contributed by atoms with Crippen LogP contribution in [0.4, 0.5) is 0 Å². The standard InChI is InChI=1S/C9H14N2O3/c1-3-8(12)11-5-6(10-2)4-7(11)9(13)14/h3,6-7,10H,1,4-5H2,2H3,(H,13,14)/t6?,7-/m1/s1. The zero-order chi connectivity index (χ0) is 10.7. The zero-order valence-electron chi connectivity index (χ0n) is 8.06. The topological polar surface area (TPSA) is 69.6 Å². The second-order valence-corrected chi connectivity index (χ2v) is 3.27. The number of hydrogen-bond acceptors (Lipinski definition) is 3. The monoisotopic (exact) mass is 198 g/mol. The molecular weight excluding hydrogens is 184 g/mol. The highest BCUT2D eigenvalue weighted by Crippen LogP contribution is 2.18. The number of carbonyl (C=O) groups excluding carboxylic acids is 1. The van der Waals surface area contributed by atoms with Crippen molar-refractivity contribution >= 4 is 11.9 Å². The molecule has 0 aromatic heterocycles. The van der Waals surface area contributed by atoms with Gasteiger partial charge in [0.2, 0.25) is 5.91 Å². The first-order valence-electron chi connectivity index (χ1n) is 4.43. The van der Waals surface area contributed by atoms with Crippen LogP contribution in [0.2, 0.25) is 0 Å². The third-order valence-electron chi connectivity index (χ3n) is 2.45. The molecule has 1 saturated heterocycles. The molecular formula is C9H14N2O3. The van der Waals surface area contributed by atoms with Gasteiger partial charge in [-0.3, -0.25) is 4.79 Å². The SMILES string of the molecule is C=CC(=O)N1CC(NC)C[C@@H]1C(=O)O. The summed E-state index contributed by atoms with van der Waals surface area (Å²) in [7, 11) is 1.76. The number of carboxylic acid groups (broad SMARTS) is 1. The summed E-state index contributed by atoms with van der Waals surface area (Å²) >= 11 is 0. The highest BCUT2D eigenvalue weighted by atomic mass is 16.4. The van der Waals surface area contributed by atoms with Gasteiger partial charge in [-0.1, -0.05) is 6.58 Å². The molecule has 0 aliphatic carbocycles. The second-order valence-electron chi connectivity index (χ2n) is 3.27. The first-order chi connectivity index (χ1) is 6.60. The number of nitrogens with zero attached hydrogens (tertiary/aromatic N) is 1. The summed E-state index contributed by atoms with van der Waals surface area (Å²) in [6.45, 7) is 3.77. The molecule has 0 aromatic rings. The summed E-state index contributed by atoms with van der Waals surface area (Å²) in [6.07, 6.45) is 1.60. The molecule has 5 nitrogen and oxygen atoms in total. The van der Waals surface area contributed by atoms with Crippen LogP contribution in [0.5, 0.6) is 0 Å². The average molecular weight is 198 g/mol. The molecule has 1 heterocycles. The number of amides is 1. The van der Waals surface area contributed by atoms with E-state index in [1.54, 1.807) is 7.05 Å². The number of likely N-dealkylation sites (tertiary alicyclic amines) is 1. The van der Waals surface area contributed by atoms with E-state index in [-0.39, 0.29) is 11.9 Å². The van der Waals surface area contributed by atoms with Crippen molar-refractivity contribution in [3.8, 4) is 0 Å². The van der Waals surface area contributed by atoms with E-state index in [1.165, 1.54) is 4.90 Å². The molecule has 0 aromatic carbocycles. The van der Waals surface area contributed by atoms with E-state index in [0.29, 0.717) is 13.0 Å². The third-order valence-corrected chi connectivity index (χ3v) is 2.45. The molecule has 0 saturated carbocycles. The van der Waals surface area contributed by atoms with Crippen LogP contribution in [-0.2, 0) is 9.59 Å². The van der Waals surface area contributed by atoms with Gasteiger partial charge in [0, 0.05) is 12.6 Å². The Bertz CT molecular complexity index is 265. The largest absolute Gasteiger partial charge is 0.480 e. The van der Waals surface area contributed by atoms with Gasteiger partial charge >= 0.3 is 5.97 Å². The molecule has 1 aliphatic heterocycles. The highest BCUT2D eigenvalue weighted by Gasteiger charge is 2.37. The Balaban J connectivity index is 2.76. The number of aliphatic carboxylic acids is 1. The molecule has 1 fully saturated rings. The van der Waals surface area contributed by atoms with E-state index in [0.717, 1.165) is 6.08 Å². The van der Waals surface area contributed by atoms with Crippen molar-refractivity contribution < 1.29 is 14.7 Å². The molecule has 78 valence electrons. The molecule has 1 unspecified atom stereocenters. The molecule has 0 spiro atoms. The fourth-order valence-corrected chi connectivity index (χ4v) is 1.64. The number of carbonyl (C=O) groups is 2. The fraction of sp³-hybridized carbons (Fsp3) is 0.556. The lowest BCUT2D eigenvalue weighted by Crippen LogP contribution is -2.39. The van der Waals surface area contributed by atoms with E-state index in [9.17, 15) is 9.59 Å². The number of carboxylic acids is 1. The van der Waals surface area contributed by atoms with Crippen molar-refractivity contribution in [2.24, 2.45) is 0 Å². The maximum absolute atomic E-state index is 11.3. The molecule has 14 heavy (non-hydrogen) atoms. The van der Waals surface area contributed by atoms with E-state index in [2.05, 4.69) is 11.9 Å². The molecule has 0 radical (unpaired) electrons. The number of nitrogens with one attached hydrogen (secondary N) is 1. The molecule has 1 aliphatic rings. The average Bonchev–Trinajstić information content (AvgIpc) is 2.60. The molecule has 1 rings (SSSR count). The van der Waals surface area contributed by atoms with Gasteiger partial charge in [-0.05, 0) is 19.5 Å². The van der Waals surface area contributed by atoms with Crippen LogP contribution in [-0.4, -0.2) is 47.6 Å². The summed E-state index contributed by atoms with van der Waals surface area (Å²) in [4.78, 5) is 23.5. The van der Waals surface area contributed by atoms with Crippen LogP contribution in [0.3, 0.4) is 0 Å². The van der Waals surface area contributed by atoms with Gasteiger partial charge in [-0.15, -0.1) is 0 Å². The van der Waals surface area contributed by atoms with Gasteiger partial charge in [-0.2, -0.15) is 0 Å². The summed E-state index contributed by atoms with van der Waals surface area (Å²) in [5.41, 5.74) is 0. The van der Waals surface area contributed by atoms with Crippen LogP contribution >= 0.6 is 0 Å². The summed E-state index contributed by atoms with van der Waals surface area (Å²) in [5.74, 6) is -1.28.